The molecule has 0 N–H and O–H groups in total. The van der Waals surface area contributed by atoms with Crippen LogP contribution in [0.25, 0.3) is 0 Å². The summed E-state index contributed by atoms with van der Waals surface area (Å²) in [5.74, 6) is 0.495. The van der Waals surface area contributed by atoms with E-state index in [2.05, 4.69) is 0 Å². The normalized spacial score (nSPS) is 13.1. The van der Waals surface area contributed by atoms with Crippen molar-refractivity contribution in [3.8, 4) is 0 Å². The first-order valence-electron chi connectivity index (χ1n) is 5.60. The third-order valence-corrected chi connectivity index (χ3v) is 3.54. The Morgan fingerprint density at radius 1 is 1.00 bits per heavy atom. The van der Waals surface area contributed by atoms with Crippen LogP contribution in [-0.2, 0) is 12.3 Å². The lowest BCUT2D eigenvalue weighted by atomic mass is 9.83. The fourth-order valence-corrected chi connectivity index (χ4v) is 2.66. The fourth-order valence-electron chi connectivity index (χ4n) is 2.44. The van der Waals surface area contributed by atoms with Crippen LogP contribution in [0.15, 0.2) is 42.5 Å². The number of hydrogen-bond donors (Lipinski definition) is 0. The molecule has 0 saturated carbocycles. The van der Waals surface area contributed by atoms with Crippen molar-refractivity contribution >= 4 is 17.4 Å². The van der Waals surface area contributed by atoms with Gasteiger partial charge in [0.1, 0.15) is 0 Å². The molecule has 0 fully saturated rings. The smallest absolute Gasteiger partial charge is 0.193 e. The number of carbonyl (C=O) groups is 1. The third-order valence-electron chi connectivity index (χ3n) is 3.25. The van der Waals surface area contributed by atoms with Crippen LogP contribution in [0.3, 0.4) is 0 Å². The third kappa shape index (κ3) is 1.58. The molecule has 0 bridgehead atoms. The molecule has 3 rings (SSSR count). The van der Waals surface area contributed by atoms with Crippen molar-refractivity contribution < 1.29 is 4.79 Å². The zero-order valence-corrected chi connectivity index (χ0v) is 10.00. The summed E-state index contributed by atoms with van der Waals surface area (Å²) in [6.07, 6.45) is 0.821. The first kappa shape index (κ1) is 10.5. The summed E-state index contributed by atoms with van der Waals surface area (Å²) in [7, 11) is 0. The van der Waals surface area contributed by atoms with Crippen LogP contribution in [0.1, 0.15) is 32.6 Å². The second kappa shape index (κ2) is 4.01. The number of hydrogen-bond acceptors (Lipinski definition) is 1. The van der Waals surface area contributed by atoms with Crippen LogP contribution < -0.4 is 0 Å². The molecule has 2 aromatic rings. The quantitative estimate of drug-likeness (QED) is 0.597. The van der Waals surface area contributed by atoms with Crippen molar-refractivity contribution in [2.45, 2.75) is 12.3 Å². The maximum atomic E-state index is 12.4. The summed E-state index contributed by atoms with van der Waals surface area (Å²) in [5, 5.41) is 0. The number of alkyl halides is 1. The van der Waals surface area contributed by atoms with Crippen molar-refractivity contribution in [2.75, 3.05) is 0 Å². The van der Waals surface area contributed by atoms with Gasteiger partial charge in [-0.05, 0) is 23.1 Å². The Labute approximate surface area is 105 Å². The largest absolute Gasteiger partial charge is 0.289 e. The van der Waals surface area contributed by atoms with Gasteiger partial charge in [0, 0.05) is 17.0 Å². The van der Waals surface area contributed by atoms with Gasteiger partial charge < -0.3 is 0 Å². The number of rotatable bonds is 1. The fraction of sp³-hybridized carbons (Fsp3) is 0.133. The van der Waals surface area contributed by atoms with E-state index in [1.54, 1.807) is 0 Å². The highest BCUT2D eigenvalue weighted by molar-refractivity contribution is 6.19. The molecule has 84 valence electrons. The molecule has 0 unspecified atom stereocenters. The first-order chi connectivity index (χ1) is 8.31. The maximum absolute atomic E-state index is 12.4. The minimum Gasteiger partial charge on any atom is -0.289 e. The molecular weight excluding hydrogens is 232 g/mol. The van der Waals surface area contributed by atoms with Crippen molar-refractivity contribution in [3.63, 3.8) is 0 Å². The van der Waals surface area contributed by atoms with Crippen LogP contribution in [-0.4, -0.2) is 5.78 Å². The van der Waals surface area contributed by atoms with Gasteiger partial charge >= 0.3 is 0 Å². The Kier molecular flexibility index (Phi) is 2.49. The predicted octanol–water partition coefficient (Wildman–Crippen LogP) is 3.56. The van der Waals surface area contributed by atoms with E-state index in [-0.39, 0.29) is 5.78 Å². The zero-order chi connectivity index (χ0) is 11.8. The average Bonchev–Trinajstić information content (AvgIpc) is 2.38. The summed E-state index contributed by atoms with van der Waals surface area (Å²) in [5.41, 5.74) is 4.76. The lowest BCUT2D eigenvalue weighted by Crippen LogP contribution is -2.16. The zero-order valence-electron chi connectivity index (χ0n) is 9.24. The highest BCUT2D eigenvalue weighted by Crippen LogP contribution is 2.29. The van der Waals surface area contributed by atoms with Gasteiger partial charge in [0.25, 0.3) is 0 Å². The Morgan fingerprint density at radius 2 is 1.76 bits per heavy atom. The van der Waals surface area contributed by atoms with Gasteiger partial charge in [0.15, 0.2) is 5.78 Å². The van der Waals surface area contributed by atoms with E-state index in [4.69, 9.17) is 11.6 Å². The van der Waals surface area contributed by atoms with Crippen molar-refractivity contribution in [1.29, 1.82) is 0 Å². The number of ketones is 1. The highest BCUT2D eigenvalue weighted by atomic mass is 35.5. The number of halogens is 1. The van der Waals surface area contributed by atoms with Gasteiger partial charge in [0.2, 0.25) is 0 Å². The van der Waals surface area contributed by atoms with E-state index in [1.165, 1.54) is 0 Å². The van der Waals surface area contributed by atoms with E-state index in [1.807, 2.05) is 42.5 Å². The van der Waals surface area contributed by atoms with E-state index in [9.17, 15) is 4.79 Å². The van der Waals surface area contributed by atoms with Gasteiger partial charge in [-0.2, -0.15) is 0 Å². The molecule has 0 aliphatic heterocycles. The first-order valence-corrected chi connectivity index (χ1v) is 6.14. The van der Waals surface area contributed by atoms with E-state index >= 15 is 0 Å². The molecule has 0 saturated heterocycles. The SMILES string of the molecule is O=C1c2ccccc2Cc2cccc(CCl)c21. The van der Waals surface area contributed by atoms with Gasteiger partial charge in [-0.1, -0.05) is 42.5 Å². The molecule has 17 heavy (non-hydrogen) atoms. The maximum Gasteiger partial charge on any atom is 0.193 e. The lowest BCUT2D eigenvalue weighted by molar-refractivity contribution is 0.103. The number of benzene rings is 2. The second-order valence-electron chi connectivity index (χ2n) is 4.25. The molecule has 1 aliphatic rings. The van der Waals surface area contributed by atoms with Gasteiger partial charge in [-0.15, -0.1) is 11.6 Å². The van der Waals surface area contributed by atoms with Crippen LogP contribution in [0.4, 0.5) is 0 Å². The van der Waals surface area contributed by atoms with Gasteiger partial charge in [-0.25, -0.2) is 0 Å². The van der Waals surface area contributed by atoms with Crippen LogP contribution in [0.2, 0.25) is 0 Å². The number of carbonyl (C=O) groups excluding carboxylic acids is 1. The highest BCUT2D eigenvalue weighted by Gasteiger charge is 2.24. The van der Waals surface area contributed by atoms with E-state index in [0.717, 1.165) is 34.2 Å². The average molecular weight is 243 g/mol. The molecule has 0 aromatic heterocycles. The molecular formula is C15H11ClO. The Hall–Kier alpha value is -1.60. The Bertz CT molecular complexity index is 602. The Morgan fingerprint density at radius 3 is 2.59 bits per heavy atom. The van der Waals surface area contributed by atoms with Gasteiger partial charge in [0.05, 0.1) is 0 Å². The van der Waals surface area contributed by atoms with E-state index < -0.39 is 0 Å². The molecule has 2 heteroatoms. The molecule has 0 spiro atoms. The van der Waals surface area contributed by atoms with Crippen LogP contribution in [0.5, 0.6) is 0 Å². The second-order valence-corrected chi connectivity index (χ2v) is 4.52. The topological polar surface area (TPSA) is 17.1 Å². The Balaban J connectivity index is 2.24. The molecule has 1 aliphatic carbocycles. The van der Waals surface area contributed by atoms with Crippen LogP contribution >= 0.6 is 11.6 Å². The molecule has 0 heterocycles. The summed E-state index contributed by atoms with van der Waals surface area (Å²) in [4.78, 5) is 12.4. The van der Waals surface area contributed by atoms with Gasteiger partial charge in [-0.3, -0.25) is 4.79 Å². The summed E-state index contributed by atoms with van der Waals surface area (Å²) >= 11 is 5.90. The summed E-state index contributed by atoms with van der Waals surface area (Å²) in [6, 6.07) is 13.7. The molecule has 0 amide bonds. The van der Waals surface area contributed by atoms with Crippen molar-refractivity contribution in [2.24, 2.45) is 0 Å². The standard InChI is InChI=1S/C15H11ClO/c16-9-12-6-3-5-11-8-10-4-1-2-7-13(10)15(17)14(11)12/h1-7H,8-9H2. The minimum absolute atomic E-state index is 0.109. The molecule has 2 aromatic carbocycles. The van der Waals surface area contributed by atoms with Crippen molar-refractivity contribution in [3.05, 3.63) is 70.3 Å². The summed E-state index contributed by atoms with van der Waals surface area (Å²) in [6.45, 7) is 0. The minimum atomic E-state index is 0.109. The van der Waals surface area contributed by atoms with Crippen molar-refractivity contribution in [1.82, 2.24) is 0 Å². The molecule has 0 atom stereocenters. The summed E-state index contributed by atoms with van der Waals surface area (Å²) < 4.78 is 0. The monoisotopic (exact) mass is 242 g/mol. The molecule has 0 radical (unpaired) electrons. The number of fused-ring (bicyclic) bond motifs is 2. The lowest BCUT2D eigenvalue weighted by Gasteiger charge is -2.20. The van der Waals surface area contributed by atoms with Crippen LogP contribution in [0, 0.1) is 0 Å². The van der Waals surface area contributed by atoms with E-state index in [0.29, 0.717) is 5.88 Å². The predicted molar refractivity (Wildman–Crippen MR) is 68.7 cm³/mol. The molecule has 1 nitrogen and oxygen atoms in total.